The van der Waals surface area contributed by atoms with Gasteiger partial charge in [-0.15, -0.1) is 0 Å². The standard InChI is InChI=1S/C12H20N4OS/c1-6-4-5-8(7(6)2)15-12-9(11(17)14-3)10(13)16-18-12/h6-8,15H,4-5H2,1-3H3,(H2,13,16)(H,14,17). The van der Waals surface area contributed by atoms with Gasteiger partial charge >= 0.3 is 0 Å². The van der Waals surface area contributed by atoms with Crippen molar-refractivity contribution in [1.29, 1.82) is 0 Å². The largest absolute Gasteiger partial charge is 0.382 e. The maximum atomic E-state index is 11.8. The SMILES string of the molecule is CNC(=O)c1c(N)nsc1NC1CCC(C)C1C. The van der Waals surface area contributed by atoms with Crippen LogP contribution in [-0.2, 0) is 0 Å². The summed E-state index contributed by atoms with van der Waals surface area (Å²) >= 11 is 1.26. The second kappa shape index (κ2) is 5.14. The predicted molar refractivity (Wildman–Crippen MR) is 74.9 cm³/mol. The zero-order chi connectivity index (χ0) is 13.3. The highest BCUT2D eigenvalue weighted by atomic mass is 32.1. The third kappa shape index (κ3) is 2.29. The van der Waals surface area contributed by atoms with Crippen LogP contribution in [0.3, 0.4) is 0 Å². The van der Waals surface area contributed by atoms with Crippen molar-refractivity contribution in [3.63, 3.8) is 0 Å². The molecule has 5 nitrogen and oxygen atoms in total. The number of rotatable bonds is 3. The van der Waals surface area contributed by atoms with Crippen LogP contribution in [-0.4, -0.2) is 23.4 Å². The van der Waals surface area contributed by atoms with Crippen molar-refractivity contribution >= 4 is 28.3 Å². The molecule has 1 aliphatic rings. The number of hydrogen-bond acceptors (Lipinski definition) is 5. The van der Waals surface area contributed by atoms with Crippen molar-refractivity contribution in [3.05, 3.63) is 5.56 Å². The van der Waals surface area contributed by atoms with Crippen LogP contribution in [0, 0.1) is 11.8 Å². The smallest absolute Gasteiger partial charge is 0.257 e. The quantitative estimate of drug-likeness (QED) is 0.782. The summed E-state index contributed by atoms with van der Waals surface area (Å²) in [6, 6.07) is 0.406. The first kappa shape index (κ1) is 13.1. The molecule has 1 heterocycles. The van der Waals surface area contributed by atoms with E-state index in [4.69, 9.17) is 5.73 Å². The van der Waals surface area contributed by atoms with E-state index in [1.807, 2.05) is 0 Å². The van der Waals surface area contributed by atoms with Crippen LogP contribution in [0.15, 0.2) is 0 Å². The minimum absolute atomic E-state index is 0.178. The van der Waals surface area contributed by atoms with Gasteiger partial charge in [0.05, 0.1) is 0 Å². The van der Waals surface area contributed by atoms with E-state index in [2.05, 4.69) is 28.9 Å². The zero-order valence-electron chi connectivity index (χ0n) is 11.0. The highest BCUT2D eigenvalue weighted by Gasteiger charge is 2.31. The first-order valence-electron chi connectivity index (χ1n) is 6.28. The fraction of sp³-hybridized carbons (Fsp3) is 0.667. The molecule has 1 saturated carbocycles. The van der Waals surface area contributed by atoms with Crippen LogP contribution in [0.25, 0.3) is 0 Å². The first-order chi connectivity index (χ1) is 8.54. The Morgan fingerprint density at radius 1 is 1.44 bits per heavy atom. The van der Waals surface area contributed by atoms with Gasteiger partial charge in [0.1, 0.15) is 10.6 Å². The highest BCUT2D eigenvalue weighted by Crippen LogP contribution is 2.36. The molecule has 0 aliphatic heterocycles. The number of nitrogen functional groups attached to an aromatic ring is 1. The van der Waals surface area contributed by atoms with Gasteiger partial charge in [-0.25, -0.2) is 0 Å². The lowest BCUT2D eigenvalue weighted by Gasteiger charge is -2.20. The van der Waals surface area contributed by atoms with Gasteiger partial charge < -0.3 is 16.4 Å². The van der Waals surface area contributed by atoms with Crippen molar-refractivity contribution in [1.82, 2.24) is 9.69 Å². The van der Waals surface area contributed by atoms with E-state index in [9.17, 15) is 4.79 Å². The Labute approximate surface area is 111 Å². The maximum absolute atomic E-state index is 11.8. The summed E-state index contributed by atoms with van der Waals surface area (Å²) < 4.78 is 4.07. The van der Waals surface area contributed by atoms with Crippen molar-refractivity contribution < 1.29 is 4.79 Å². The molecule has 3 atom stereocenters. The third-order valence-electron chi connectivity index (χ3n) is 3.95. The molecule has 0 aromatic carbocycles. The van der Waals surface area contributed by atoms with E-state index >= 15 is 0 Å². The molecular weight excluding hydrogens is 248 g/mol. The number of nitrogens with two attached hydrogens (primary N) is 1. The zero-order valence-corrected chi connectivity index (χ0v) is 11.8. The average Bonchev–Trinajstić information content (AvgIpc) is 2.86. The Bertz CT molecular complexity index is 445. The Hall–Kier alpha value is -1.30. The third-order valence-corrected chi connectivity index (χ3v) is 4.75. The molecule has 100 valence electrons. The topological polar surface area (TPSA) is 80.0 Å². The molecule has 1 aromatic heterocycles. The van der Waals surface area contributed by atoms with Crippen LogP contribution in [0.5, 0.6) is 0 Å². The summed E-state index contributed by atoms with van der Waals surface area (Å²) in [6.07, 6.45) is 2.36. The summed E-state index contributed by atoms with van der Waals surface area (Å²) in [6.45, 7) is 4.52. The molecule has 1 fully saturated rings. The monoisotopic (exact) mass is 268 g/mol. The molecule has 0 spiro atoms. The van der Waals surface area contributed by atoms with E-state index in [0.717, 1.165) is 17.3 Å². The summed E-state index contributed by atoms with van der Waals surface area (Å²) in [5.74, 6) is 1.45. The van der Waals surface area contributed by atoms with Gasteiger partial charge in [-0.3, -0.25) is 4.79 Å². The van der Waals surface area contributed by atoms with E-state index in [1.165, 1.54) is 18.0 Å². The Morgan fingerprint density at radius 2 is 2.17 bits per heavy atom. The normalized spacial score (nSPS) is 27.2. The molecular formula is C12H20N4OS. The highest BCUT2D eigenvalue weighted by molar-refractivity contribution is 7.11. The summed E-state index contributed by atoms with van der Waals surface area (Å²) in [5.41, 5.74) is 6.23. The molecule has 3 unspecified atom stereocenters. The average molecular weight is 268 g/mol. The van der Waals surface area contributed by atoms with E-state index in [0.29, 0.717) is 23.3 Å². The molecule has 0 bridgehead atoms. The molecule has 1 aliphatic carbocycles. The number of amides is 1. The molecule has 2 rings (SSSR count). The molecule has 1 aromatic rings. The van der Waals surface area contributed by atoms with E-state index < -0.39 is 0 Å². The fourth-order valence-electron chi connectivity index (χ4n) is 2.48. The summed E-state index contributed by atoms with van der Waals surface area (Å²) in [5, 5.41) is 6.83. The van der Waals surface area contributed by atoms with Crippen LogP contribution >= 0.6 is 11.5 Å². The minimum Gasteiger partial charge on any atom is -0.382 e. The number of hydrogen-bond donors (Lipinski definition) is 3. The van der Waals surface area contributed by atoms with Gasteiger partial charge in [-0.1, -0.05) is 13.8 Å². The van der Waals surface area contributed by atoms with Crippen molar-refractivity contribution in [3.8, 4) is 0 Å². The fourth-order valence-corrected chi connectivity index (χ4v) is 3.26. The lowest BCUT2D eigenvalue weighted by atomic mass is 9.98. The van der Waals surface area contributed by atoms with E-state index in [1.54, 1.807) is 7.05 Å². The second-order valence-corrected chi connectivity index (χ2v) is 5.79. The molecule has 1 amide bonds. The molecule has 0 radical (unpaired) electrons. The van der Waals surface area contributed by atoms with Crippen LogP contribution in [0.4, 0.5) is 10.8 Å². The predicted octanol–water partition coefficient (Wildman–Crippen LogP) is 1.93. The first-order valence-corrected chi connectivity index (χ1v) is 7.05. The Balaban J connectivity index is 2.17. The van der Waals surface area contributed by atoms with Gasteiger partial charge in [0.25, 0.3) is 5.91 Å². The summed E-state index contributed by atoms with van der Waals surface area (Å²) in [7, 11) is 1.60. The minimum atomic E-state index is -0.178. The van der Waals surface area contributed by atoms with Gasteiger partial charge in [-0.2, -0.15) is 4.37 Å². The lowest BCUT2D eigenvalue weighted by Crippen LogP contribution is -2.26. The van der Waals surface area contributed by atoms with Crippen molar-refractivity contribution in [2.75, 3.05) is 18.1 Å². The number of aromatic nitrogens is 1. The molecule has 6 heteroatoms. The Morgan fingerprint density at radius 3 is 2.72 bits per heavy atom. The van der Waals surface area contributed by atoms with Crippen molar-refractivity contribution in [2.24, 2.45) is 11.8 Å². The number of carbonyl (C=O) groups is 1. The Kier molecular flexibility index (Phi) is 3.75. The van der Waals surface area contributed by atoms with Gasteiger partial charge in [-0.05, 0) is 36.2 Å². The van der Waals surface area contributed by atoms with Crippen LogP contribution < -0.4 is 16.4 Å². The van der Waals surface area contributed by atoms with Crippen molar-refractivity contribution in [2.45, 2.75) is 32.7 Å². The number of nitrogens with zero attached hydrogens (tertiary/aromatic N) is 1. The van der Waals surface area contributed by atoms with Crippen LogP contribution in [0.2, 0.25) is 0 Å². The van der Waals surface area contributed by atoms with Gasteiger partial charge in [0.15, 0.2) is 5.82 Å². The summed E-state index contributed by atoms with van der Waals surface area (Å²) in [4.78, 5) is 11.8. The number of carbonyl (C=O) groups excluding carboxylic acids is 1. The van der Waals surface area contributed by atoms with Gasteiger partial charge in [0.2, 0.25) is 0 Å². The lowest BCUT2D eigenvalue weighted by molar-refractivity contribution is 0.0965. The number of nitrogens with one attached hydrogen (secondary N) is 2. The maximum Gasteiger partial charge on any atom is 0.257 e. The molecule has 0 saturated heterocycles. The second-order valence-electron chi connectivity index (χ2n) is 5.02. The van der Waals surface area contributed by atoms with E-state index in [-0.39, 0.29) is 5.91 Å². The van der Waals surface area contributed by atoms with Gasteiger partial charge in [0, 0.05) is 13.1 Å². The molecule has 18 heavy (non-hydrogen) atoms. The molecule has 4 N–H and O–H groups in total. The number of anilines is 2. The van der Waals surface area contributed by atoms with Crippen LogP contribution in [0.1, 0.15) is 37.0 Å².